The molecule has 4 nitrogen and oxygen atoms in total. The minimum atomic E-state index is -2.49. The van der Waals surface area contributed by atoms with E-state index in [4.69, 9.17) is 10.5 Å². The lowest BCUT2D eigenvalue weighted by molar-refractivity contribution is 0.0818. The van der Waals surface area contributed by atoms with Gasteiger partial charge in [-0.1, -0.05) is 31.2 Å². The Labute approximate surface area is 140 Å². The van der Waals surface area contributed by atoms with E-state index < -0.39 is 13.0 Å². The van der Waals surface area contributed by atoms with Gasteiger partial charge in [-0.25, -0.2) is 13.8 Å². The number of nitrogens with one attached hydrogen (secondary N) is 1. The molecule has 0 atom stereocenters. The van der Waals surface area contributed by atoms with Crippen LogP contribution in [0.25, 0.3) is 0 Å². The molecule has 0 bridgehead atoms. The fourth-order valence-corrected chi connectivity index (χ4v) is 2.13. The number of nitrogens with zero attached hydrogens (tertiary/aromatic N) is 1. The van der Waals surface area contributed by atoms with Crippen LogP contribution in [-0.2, 0) is 13.0 Å². The van der Waals surface area contributed by atoms with E-state index in [9.17, 15) is 8.78 Å². The minimum absolute atomic E-state index is 0.294. The number of benzene rings is 2. The lowest BCUT2D eigenvalue weighted by atomic mass is 10.1. The number of hydrogen-bond acceptors (Lipinski definition) is 2. The van der Waals surface area contributed by atoms with Crippen molar-refractivity contribution in [2.24, 2.45) is 10.7 Å². The number of hydrogen-bond donors (Lipinski definition) is 2. The van der Waals surface area contributed by atoms with Crippen molar-refractivity contribution < 1.29 is 13.5 Å². The van der Waals surface area contributed by atoms with Gasteiger partial charge in [-0.2, -0.15) is 0 Å². The average molecular weight is 333 g/mol. The number of aryl methyl sites for hydroxylation is 1. The van der Waals surface area contributed by atoms with Crippen LogP contribution in [0.4, 0.5) is 14.5 Å². The number of ether oxygens (including phenoxy) is 1. The zero-order valence-corrected chi connectivity index (χ0v) is 13.5. The van der Waals surface area contributed by atoms with Crippen LogP contribution < -0.4 is 15.8 Å². The third-order valence-electron chi connectivity index (χ3n) is 3.31. The smallest absolute Gasteiger partial charge is 0.272 e. The molecular weight excluding hydrogens is 312 g/mol. The number of anilines is 1. The van der Waals surface area contributed by atoms with Gasteiger partial charge in [-0.05, 0) is 41.8 Å². The second-order valence-corrected chi connectivity index (χ2v) is 5.23. The van der Waals surface area contributed by atoms with Crippen molar-refractivity contribution in [3.05, 3.63) is 59.7 Å². The molecule has 0 heterocycles. The summed E-state index contributed by atoms with van der Waals surface area (Å²) < 4.78 is 29.3. The van der Waals surface area contributed by atoms with Crippen LogP contribution in [0.1, 0.15) is 18.1 Å². The second-order valence-electron chi connectivity index (χ2n) is 5.23. The van der Waals surface area contributed by atoms with Gasteiger partial charge in [-0.15, -0.1) is 0 Å². The Morgan fingerprint density at radius 1 is 1.17 bits per heavy atom. The lowest BCUT2D eigenvalue weighted by Gasteiger charge is -2.08. The highest BCUT2D eigenvalue weighted by molar-refractivity contribution is 5.92. The Hall–Kier alpha value is -2.63. The Balaban J connectivity index is 1.95. The topological polar surface area (TPSA) is 59.6 Å². The first-order valence-corrected chi connectivity index (χ1v) is 7.72. The molecule has 0 aromatic heterocycles. The monoisotopic (exact) mass is 333 g/mol. The van der Waals surface area contributed by atoms with E-state index in [2.05, 4.69) is 17.2 Å². The van der Waals surface area contributed by atoms with Gasteiger partial charge in [0.15, 0.2) is 5.96 Å². The first-order chi connectivity index (χ1) is 11.6. The minimum Gasteiger partial charge on any atom is -0.488 e. The van der Waals surface area contributed by atoms with Gasteiger partial charge < -0.3 is 15.8 Å². The number of nitrogens with two attached hydrogens (primary N) is 1. The van der Waals surface area contributed by atoms with Crippen molar-refractivity contribution >= 4 is 11.6 Å². The van der Waals surface area contributed by atoms with Gasteiger partial charge in [0.1, 0.15) is 12.4 Å². The molecule has 2 aromatic rings. The highest BCUT2D eigenvalue weighted by Crippen LogP contribution is 2.15. The summed E-state index contributed by atoms with van der Waals surface area (Å²) in [6.07, 6.45) is -1.55. The van der Waals surface area contributed by atoms with Crippen LogP contribution in [0.15, 0.2) is 53.5 Å². The molecule has 3 N–H and O–H groups in total. The first-order valence-electron chi connectivity index (χ1n) is 7.72. The molecule has 2 rings (SSSR count). The molecule has 0 radical (unpaired) electrons. The predicted molar refractivity (Wildman–Crippen MR) is 92.7 cm³/mol. The highest BCUT2D eigenvalue weighted by atomic mass is 19.3. The normalized spacial score (nSPS) is 11.6. The second kappa shape index (κ2) is 8.86. The number of guanidine groups is 1. The molecule has 0 saturated carbocycles. The summed E-state index contributed by atoms with van der Waals surface area (Å²) in [5, 5.41) is 3.04. The van der Waals surface area contributed by atoms with Crippen molar-refractivity contribution in [2.75, 3.05) is 11.9 Å². The lowest BCUT2D eigenvalue weighted by Crippen LogP contribution is -2.22. The Kier molecular flexibility index (Phi) is 6.54. The maximum Gasteiger partial charge on any atom is 0.272 e. The third-order valence-corrected chi connectivity index (χ3v) is 3.31. The van der Waals surface area contributed by atoms with E-state index >= 15 is 0 Å². The molecule has 0 spiro atoms. The van der Waals surface area contributed by atoms with Gasteiger partial charge in [0, 0.05) is 5.69 Å². The number of halogens is 2. The molecule has 2 aromatic carbocycles. The fourth-order valence-electron chi connectivity index (χ4n) is 2.13. The molecule has 6 heteroatoms. The van der Waals surface area contributed by atoms with Crippen LogP contribution in [0.3, 0.4) is 0 Å². The predicted octanol–water partition coefficient (Wildman–Crippen LogP) is 3.82. The Morgan fingerprint density at radius 2 is 1.92 bits per heavy atom. The molecule has 128 valence electrons. The van der Waals surface area contributed by atoms with Crippen molar-refractivity contribution in [2.45, 2.75) is 26.3 Å². The molecule has 0 aliphatic carbocycles. The van der Waals surface area contributed by atoms with Gasteiger partial charge in [0.05, 0.1) is 6.54 Å². The summed E-state index contributed by atoms with van der Waals surface area (Å²) >= 11 is 0. The zero-order valence-electron chi connectivity index (χ0n) is 13.5. The summed E-state index contributed by atoms with van der Waals surface area (Å²) in [5.41, 5.74) is 8.80. The van der Waals surface area contributed by atoms with E-state index in [1.54, 1.807) is 18.2 Å². The van der Waals surface area contributed by atoms with Crippen LogP contribution >= 0.6 is 0 Å². The molecule has 0 aliphatic rings. The van der Waals surface area contributed by atoms with E-state index in [-0.39, 0.29) is 0 Å². The van der Waals surface area contributed by atoms with Crippen LogP contribution in [0.2, 0.25) is 0 Å². The molecule has 24 heavy (non-hydrogen) atoms. The summed E-state index contributed by atoms with van der Waals surface area (Å²) in [6, 6.07) is 14.8. The summed E-state index contributed by atoms with van der Waals surface area (Å²) in [5.74, 6) is 0.687. The highest BCUT2D eigenvalue weighted by Gasteiger charge is 2.04. The van der Waals surface area contributed by atoms with Crippen molar-refractivity contribution in [3.8, 4) is 5.75 Å². The zero-order chi connectivity index (χ0) is 17.4. The van der Waals surface area contributed by atoms with Crippen LogP contribution in [0, 0.1) is 0 Å². The number of rotatable bonds is 7. The molecule has 0 unspecified atom stereocenters. The summed E-state index contributed by atoms with van der Waals surface area (Å²) in [6.45, 7) is 1.79. The third kappa shape index (κ3) is 5.87. The van der Waals surface area contributed by atoms with Crippen molar-refractivity contribution in [1.29, 1.82) is 0 Å². The Bertz CT molecular complexity index is 689. The van der Waals surface area contributed by atoms with E-state index in [0.717, 1.165) is 17.7 Å². The van der Waals surface area contributed by atoms with E-state index in [1.165, 1.54) is 5.56 Å². The number of alkyl halides is 2. The SMILES string of the molecule is CCc1cccc(NC(N)=NCc2cccc(OCC(F)F)c2)c1. The number of aliphatic imine (C=N–C) groups is 1. The quantitative estimate of drug-likeness (QED) is 0.598. The first kappa shape index (κ1) is 17.7. The maximum atomic E-state index is 12.2. The largest absolute Gasteiger partial charge is 0.488 e. The van der Waals surface area contributed by atoms with E-state index in [0.29, 0.717) is 18.3 Å². The van der Waals surface area contributed by atoms with Gasteiger partial charge in [-0.3, -0.25) is 0 Å². The fraction of sp³-hybridized carbons (Fsp3) is 0.278. The van der Waals surface area contributed by atoms with Gasteiger partial charge in [0.25, 0.3) is 6.43 Å². The molecular formula is C18H21F2N3O. The summed E-state index contributed by atoms with van der Waals surface area (Å²) in [7, 11) is 0. The van der Waals surface area contributed by atoms with Crippen molar-refractivity contribution in [3.63, 3.8) is 0 Å². The average Bonchev–Trinajstić information content (AvgIpc) is 2.59. The summed E-state index contributed by atoms with van der Waals surface area (Å²) in [4.78, 5) is 4.26. The molecule has 0 fully saturated rings. The molecule has 0 aliphatic heterocycles. The van der Waals surface area contributed by atoms with Gasteiger partial charge >= 0.3 is 0 Å². The van der Waals surface area contributed by atoms with Crippen LogP contribution in [0.5, 0.6) is 5.75 Å². The Morgan fingerprint density at radius 3 is 2.67 bits per heavy atom. The standard InChI is InChI=1S/C18H21F2N3O/c1-2-13-5-3-7-15(9-13)23-18(21)22-11-14-6-4-8-16(10-14)24-12-17(19)20/h3-10,17H,2,11-12H2,1H3,(H3,21,22,23). The molecule has 0 amide bonds. The molecule has 0 saturated heterocycles. The van der Waals surface area contributed by atoms with Gasteiger partial charge in [0.2, 0.25) is 0 Å². The van der Waals surface area contributed by atoms with Crippen molar-refractivity contribution in [1.82, 2.24) is 0 Å². The van der Waals surface area contributed by atoms with E-state index in [1.807, 2.05) is 30.3 Å². The maximum absolute atomic E-state index is 12.2. The van der Waals surface area contributed by atoms with Crippen LogP contribution in [-0.4, -0.2) is 19.0 Å².